The van der Waals surface area contributed by atoms with Crippen LogP contribution in [0.5, 0.6) is 5.75 Å². The lowest BCUT2D eigenvalue weighted by Gasteiger charge is -2.04. The molecule has 0 N–H and O–H groups in total. The maximum atomic E-state index is 12.0. The Labute approximate surface area is 178 Å². The maximum absolute atomic E-state index is 12.0. The molecule has 0 aromatic heterocycles. The standard InChI is InChI=1S/C23H20O4S2/c1-15(2)22(25)28-19-10-5-17(6-11-19)7-14-21(24)27-18-8-12-20(13-9-18)29-23(26)16(3)4/h5-14H,1,3H2,2,4H3/b14-7+. The van der Waals surface area contributed by atoms with Crippen LogP contribution >= 0.6 is 23.5 Å². The minimum Gasteiger partial charge on any atom is -0.423 e. The molecule has 0 spiro atoms. The number of benzene rings is 2. The topological polar surface area (TPSA) is 60.4 Å². The van der Waals surface area contributed by atoms with Crippen molar-refractivity contribution in [1.82, 2.24) is 0 Å². The minimum atomic E-state index is -0.515. The highest BCUT2D eigenvalue weighted by molar-refractivity contribution is 8.14. The van der Waals surface area contributed by atoms with E-state index in [1.165, 1.54) is 6.08 Å². The lowest BCUT2D eigenvalue weighted by Crippen LogP contribution is -2.03. The molecule has 0 atom stereocenters. The van der Waals surface area contributed by atoms with Gasteiger partial charge >= 0.3 is 5.97 Å². The zero-order valence-corrected chi connectivity index (χ0v) is 17.8. The molecule has 0 amide bonds. The zero-order chi connectivity index (χ0) is 21.4. The summed E-state index contributed by atoms with van der Waals surface area (Å²) in [5.41, 5.74) is 1.78. The molecule has 29 heavy (non-hydrogen) atoms. The van der Waals surface area contributed by atoms with Gasteiger partial charge in [-0.2, -0.15) is 0 Å². The van der Waals surface area contributed by atoms with Gasteiger partial charge in [-0.25, -0.2) is 4.79 Å². The molecule has 0 aliphatic rings. The highest BCUT2D eigenvalue weighted by Gasteiger charge is 2.07. The number of carbonyl (C=O) groups is 3. The Balaban J connectivity index is 1.90. The van der Waals surface area contributed by atoms with Crippen molar-refractivity contribution >= 4 is 45.8 Å². The molecule has 0 aliphatic heterocycles. The number of hydrogen-bond acceptors (Lipinski definition) is 6. The van der Waals surface area contributed by atoms with Crippen molar-refractivity contribution in [3.05, 3.63) is 84.5 Å². The summed E-state index contributed by atoms with van der Waals surface area (Å²) < 4.78 is 5.25. The van der Waals surface area contributed by atoms with Crippen molar-refractivity contribution in [3.63, 3.8) is 0 Å². The van der Waals surface area contributed by atoms with Crippen molar-refractivity contribution < 1.29 is 19.1 Å². The highest BCUT2D eigenvalue weighted by Crippen LogP contribution is 2.24. The van der Waals surface area contributed by atoms with Crippen molar-refractivity contribution in [1.29, 1.82) is 0 Å². The van der Waals surface area contributed by atoms with E-state index < -0.39 is 5.97 Å². The molecule has 0 aliphatic carbocycles. The normalized spacial score (nSPS) is 10.6. The number of hydrogen-bond donors (Lipinski definition) is 0. The molecule has 0 fully saturated rings. The smallest absolute Gasteiger partial charge is 0.336 e. The van der Waals surface area contributed by atoms with E-state index in [2.05, 4.69) is 13.2 Å². The average Bonchev–Trinajstić information content (AvgIpc) is 2.68. The number of thioether (sulfide) groups is 2. The van der Waals surface area contributed by atoms with Crippen molar-refractivity contribution in [2.75, 3.05) is 0 Å². The lowest BCUT2D eigenvalue weighted by atomic mass is 10.2. The summed E-state index contributed by atoms with van der Waals surface area (Å²) in [4.78, 5) is 36.8. The second kappa shape index (κ2) is 10.6. The molecular weight excluding hydrogens is 404 g/mol. The summed E-state index contributed by atoms with van der Waals surface area (Å²) in [6.45, 7) is 10.6. The highest BCUT2D eigenvalue weighted by atomic mass is 32.2. The predicted octanol–water partition coefficient (Wildman–Crippen LogP) is 5.70. The first-order valence-corrected chi connectivity index (χ1v) is 10.2. The van der Waals surface area contributed by atoms with Crippen molar-refractivity contribution in [2.24, 2.45) is 0 Å². The SMILES string of the molecule is C=C(C)C(=O)Sc1ccc(/C=C/C(=O)Oc2ccc(SC(=O)C(=C)C)cc2)cc1. The van der Waals surface area contributed by atoms with Crippen LogP contribution in [-0.4, -0.2) is 16.2 Å². The quantitative estimate of drug-likeness (QED) is 0.246. The third-order valence-electron chi connectivity index (χ3n) is 3.45. The molecular formula is C23H20O4S2. The van der Waals surface area contributed by atoms with Gasteiger partial charge in [0.2, 0.25) is 10.2 Å². The van der Waals surface area contributed by atoms with Gasteiger partial charge in [0.05, 0.1) is 0 Å². The Hall–Kier alpha value is -2.83. The molecule has 148 valence electrons. The molecule has 0 bridgehead atoms. The Morgan fingerprint density at radius 1 is 0.793 bits per heavy atom. The van der Waals surface area contributed by atoms with Gasteiger partial charge in [-0.15, -0.1) is 0 Å². The monoisotopic (exact) mass is 424 g/mol. The zero-order valence-electron chi connectivity index (χ0n) is 16.1. The third-order valence-corrected chi connectivity index (χ3v) is 5.54. The number of esters is 1. The summed E-state index contributed by atoms with van der Waals surface area (Å²) in [5.74, 6) is -0.129. The predicted molar refractivity (Wildman–Crippen MR) is 119 cm³/mol. The summed E-state index contributed by atoms with van der Waals surface area (Å²) in [7, 11) is 0. The first kappa shape index (κ1) is 22.5. The van der Waals surface area contributed by atoms with Crippen LogP contribution < -0.4 is 4.74 Å². The molecule has 2 aromatic carbocycles. The van der Waals surface area contributed by atoms with Crippen molar-refractivity contribution in [2.45, 2.75) is 23.6 Å². The van der Waals surface area contributed by atoms with Crippen LogP contribution in [0.15, 0.2) is 88.7 Å². The molecule has 2 aromatic rings. The fourth-order valence-corrected chi connectivity index (χ4v) is 3.25. The van der Waals surface area contributed by atoms with E-state index in [0.717, 1.165) is 38.9 Å². The van der Waals surface area contributed by atoms with Crippen LogP contribution in [0.25, 0.3) is 6.08 Å². The van der Waals surface area contributed by atoms with Crippen LogP contribution in [-0.2, 0) is 14.4 Å². The summed E-state index contributed by atoms with van der Waals surface area (Å²) >= 11 is 2.18. The van der Waals surface area contributed by atoms with Gasteiger partial charge in [-0.3, -0.25) is 9.59 Å². The number of carbonyl (C=O) groups excluding carboxylic acids is 3. The van der Waals surface area contributed by atoms with Gasteiger partial charge in [0.25, 0.3) is 0 Å². The first-order valence-electron chi connectivity index (χ1n) is 8.60. The van der Waals surface area contributed by atoms with E-state index in [1.54, 1.807) is 56.3 Å². The fraction of sp³-hybridized carbons (Fsp3) is 0.0870. The van der Waals surface area contributed by atoms with Crippen LogP contribution in [0.4, 0.5) is 0 Å². The molecule has 0 heterocycles. The Morgan fingerprint density at radius 2 is 1.24 bits per heavy atom. The molecule has 0 unspecified atom stereocenters. The Kier molecular flexibility index (Phi) is 8.24. The second-order valence-electron chi connectivity index (χ2n) is 6.13. The van der Waals surface area contributed by atoms with Crippen LogP contribution in [0.2, 0.25) is 0 Å². The van der Waals surface area contributed by atoms with Crippen LogP contribution in [0, 0.1) is 0 Å². The van der Waals surface area contributed by atoms with Gasteiger partial charge in [0.1, 0.15) is 5.75 Å². The lowest BCUT2D eigenvalue weighted by molar-refractivity contribution is -0.128. The minimum absolute atomic E-state index is 0.0784. The van der Waals surface area contributed by atoms with E-state index in [4.69, 9.17) is 4.74 Å². The Morgan fingerprint density at radius 3 is 1.69 bits per heavy atom. The molecule has 4 nitrogen and oxygen atoms in total. The summed E-state index contributed by atoms with van der Waals surface area (Å²) in [5, 5.41) is -0.184. The van der Waals surface area contributed by atoms with Gasteiger partial charge in [-0.1, -0.05) is 25.3 Å². The van der Waals surface area contributed by atoms with Gasteiger partial charge in [-0.05, 0) is 96.6 Å². The third kappa shape index (κ3) is 7.60. The number of ether oxygens (including phenoxy) is 1. The van der Waals surface area contributed by atoms with Crippen LogP contribution in [0.1, 0.15) is 19.4 Å². The summed E-state index contributed by atoms with van der Waals surface area (Å²) in [6.07, 6.45) is 2.96. The first-order chi connectivity index (χ1) is 13.7. The van der Waals surface area contributed by atoms with Gasteiger partial charge in [0.15, 0.2) is 0 Å². The van der Waals surface area contributed by atoms with E-state index >= 15 is 0 Å². The van der Waals surface area contributed by atoms with E-state index in [9.17, 15) is 14.4 Å². The molecule has 6 heteroatoms. The van der Waals surface area contributed by atoms with E-state index in [1.807, 2.05) is 12.1 Å². The summed E-state index contributed by atoms with van der Waals surface area (Å²) in [6, 6.07) is 13.9. The Bertz CT molecular complexity index is 971. The molecule has 0 radical (unpaired) electrons. The fourth-order valence-electron chi connectivity index (χ4n) is 1.93. The largest absolute Gasteiger partial charge is 0.423 e. The average molecular weight is 425 g/mol. The van der Waals surface area contributed by atoms with E-state index in [-0.39, 0.29) is 10.2 Å². The van der Waals surface area contributed by atoms with Gasteiger partial charge in [0, 0.05) is 15.9 Å². The number of rotatable bonds is 7. The van der Waals surface area contributed by atoms with Gasteiger partial charge < -0.3 is 4.74 Å². The van der Waals surface area contributed by atoms with Crippen LogP contribution in [0.3, 0.4) is 0 Å². The second-order valence-corrected chi connectivity index (χ2v) is 8.23. The van der Waals surface area contributed by atoms with E-state index in [0.29, 0.717) is 16.9 Å². The maximum Gasteiger partial charge on any atom is 0.336 e. The molecule has 2 rings (SSSR count). The molecule has 0 saturated carbocycles. The molecule has 0 saturated heterocycles. The van der Waals surface area contributed by atoms with Crippen molar-refractivity contribution in [3.8, 4) is 5.75 Å².